The molecule has 2 aromatic rings. The van der Waals surface area contributed by atoms with Crippen molar-refractivity contribution in [1.82, 2.24) is 15.1 Å². The molecule has 19 heavy (non-hydrogen) atoms. The van der Waals surface area contributed by atoms with Crippen LogP contribution in [0.1, 0.15) is 12.8 Å². The molecule has 5 heteroatoms. The van der Waals surface area contributed by atoms with Crippen molar-refractivity contribution in [2.45, 2.75) is 12.8 Å². The quantitative estimate of drug-likeness (QED) is 0.864. The van der Waals surface area contributed by atoms with Crippen molar-refractivity contribution in [3.8, 4) is 0 Å². The Kier molecular flexibility index (Phi) is 3.21. The second kappa shape index (κ2) is 5.01. The first-order chi connectivity index (χ1) is 9.22. The summed E-state index contributed by atoms with van der Waals surface area (Å²) in [5.41, 5.74) is 1.78. The fourth-order valence-electron chi connectivity index (χ4n) is 2.53. The van der Waals surface area contributed by atoms with Gasteiger partial charge in [-0.05, 0) is 51.2 Å². The highest BCUT2D eigenvalue weighted by molar-refractivity contribution is 5.94. The van der Waals surface area contributed by atoms with Crippen molar-refractivity contribution in [2.24, 2.45) is 5.92 Å². The van der Waals surface area contributed by atoms with Crippen LogP contribution in [-0.4, -0.2) is 41.1 Å². The molecule has 0 bridgehead atoms. The maximum Gasteiger partial charge on any atom is 0.227 e. The van der Waals surface area contributed by atoms with Gasteiger partial charge in [0.1, 0.15) is 0 Å². The van der Waals surface area contributed by atoms with Crippen LogP contribution >= 0.6 is 0 Å². The van der Waals surface area contributed by atoms with Gasteiger partial charge < -0.3 is 10.2 Å². The van der Waals surface area contributed by atoms with Gasteiger partial charge in [-0.3, -0.25) is 9.89 Å². The highest BCUT2D eigenvalue weighted by atomic mass is 16.1. The van der Waals surface area contributed by atoms with Gasteiger partial charge in [0.2, 0.25) is 5.91 Å². The van der Waals surface area contributed by atoms with Gasteiger partial charge in [-0.2, -0.15) is 5.10 Å². The van der Waals surface area contributed by atoms with E-state index < -0.39 is 0 Å². The Labute approximate surface area is 112 Å². The molecule has 1 fully saturated rings. The first kappa shape index (κ1) is 12.2. The number of nitrogens with one attached hydrogen (secondary N) is 2. The average Bonchev–Trinajstić information content (AvgIpc) is 2.87. The van der Waals surface area contributed by atoms with Gasteiger partial charge in [-0.25, -0.2) is 0 Å². The summed E-state index contributed by atoms with van der Waals surface area (Å²) in [5.74, 6) is 0.264. The van der Waals surface area contributed by atoms with Crippen LogP contribution in [0, 0.1) is 5.92 Å². The van der Waals surface area contributed by atoms with E-state index in [1.807, 2.05) is 18.2 Å². The monoisotopic (exact) mass is 258 g/mol. The topological polar surface area (TPSA) is 61.0 Å². The number of hydrogen-bond acceptors (Lipinski definition) is 3. The number of piperidine rings is 1. The molecule has 0 atom stereocenters. The Morgan fingerprint density at radius 1 is 1.42 bits per heavy atom. The number of hydrogen-bond donors (Lipinski definition) is 2. The summed E-state index contributed by atoms with van der Waals surface area (Å²) < 4.78 is 0. The number of nitrogens with zero attached hydrogens (tertiary/aromatic N) is 2. The number of benzene rings is 1. The van der Waals surface area contributed by atoms with Gasteiger partial charge in [-0.1, -0.05) is 0 Å². The van der Waals surface area contributed by atoms with Crippen molar-refractivity contribution < 1.29 is 4.79 Å². The Morgan fingerprint density at radius 3 is 3.00 bits per heavy atom. The molecular weight excluding hydrogens is 240 g/mol. The number of anilines is 1. The van der Waals surface area contributed by atoms with Crippen LogP contribution in [0.4, 0.5) is 5.69 Å². The SMILES string of the molecule is CN1CCC(C(=O)Nc2ccc3cn[nH]c3c2)CC1. The first-order valence-corrected chi connectivity index (χ1v) is 6.65. The maximum absolute atomic E-state index is 12.2. The number of amides is 1. The van der Waals surface area contributed by atoms with Gasteiger partial charge in [0, 0.05) is 17.0 Å². The van der Waals surface area contributed by atoms with Gasteiger partial charge >= 0.3 is 0 Å². The second-order valence-corrected chi connectivity index (χ2v) is 5.24. The van der Waals surface area contributed by atoms with Crippen molar-refractivity contribution in [3.63, 3.8) is 0 Å². The molecule has 5 nitrogen and oxygen atoms in total. The van der Waals surface area contributed by atoms with E-state index in [0.717, 1.165) is 42.5 Å². The summed E-state index contributed by atoms with van der Waals surface area (Å²) >= 11 is 0. The Balaban J connectivity index is 1.68. The summed E-state index contributed by atoms with van der Waals surface area (Å²) in [5, 5.41) is 10.9. The van der Waals surface area contributed by atoms with E-state index in [1.54, 1.807) is 6.20 Å². The van der Waals surface area contributed by atoms with Crippen LogP contribution in [0.15, 0.2) is 24.4 Å². The lowest BCUT2D eigenvalue weighted by molar-refractivity contribution is -0.121. The van der Waals surface area contributed by atoms with E-state index in [9.17, 15) is 4.79 Å². The van der Waals surface area contributed by atoms with Crippen LogP contribution < -0.4 is 5.32 Å². The number of rotatable bonds is 2. The number of aromatic nitrogens is 2. The predicted octanol–water partition coefficient (Wildman–Crippen LogP) is 1.84. The number of carbonyl (C=O) groups is 1. The lowest BCUT2D eigenvalue weighted by Gasteiger charge is -2.28. The maximum atomic E-state index is 12.2. The summed E-state index contributed by atoms with van der Waals surface area (Å²) in [6, 6.07) is 5.81. The van der Waals surface area contributed by atoms with Crippen molar-refractivity contribution >= 4 is 22.5 Å². The first-order valence-electron chi connectivity index (χ1n) is 6.65. The molecule has 0 saturated carbocycles. The lowest BCUT2D eigenvalue weighted by Crippen LogP contribution is -2.35. The molecule has 1 aliphatic rings. The van der Waals surface area contributed by atoms with Crippen LogP contribution in [0.2, 0.25) is 0 Å². The number of fused-ring (bicyclic) bond motifs is 1. The summed E-state index contributed by atoms with van der Waals surface area (Å²) in [6.07, 6.45) is 3.65. The lowest BCUT2D eigenvalue weighted by atomic mass is 9.96. The minimum Gasteiger partial charge on any atom is -0.326 e. The van der Waals surface area contributed by atoms with Gasteiger partial charge in [0.05, 0.1) is 11.7 Å². The number of likely N-dealkylation sites (tertiary alicyclic amines) is 1. The molecule has 0 radical (unpaired) electrons. The minimum atomic E-state index is 0.131. The average molecular weight is 258 g/mol. The van der Waals surface area contributed by atoms with Crippen LogP contribution in [0.5, 0.6) is 0 Å². The fourth-order valence-corrected chi connectivity index (χ4v) is 2.53. The van der Waals surface area contributed by atoms with Crippen LogP contribution in [-0.2, 0) is 4.79 Å². The molecule has 1 aromatic heterocycles. The Morgan fingerprint density at radius 2 is 2.21 bits per heavy atom. The molecule has 1 aromatic carbocycles. The van der Waals surface area contributed by atoms with Crippen molar-refractivity contribution in [1.29, 1.82) is 0 Å². The smallest absolute Gasteiger partial charge is 0.227 e. The second-order valence-electron chi connectivity index (χ2n) is 5.24. The Bertz CT molecular complexity index is 584. The minimum absolute atomic E-state index is 0.131. The molecule has 2 heterocycles. The molecular formula is C14H18N4O. The molecule has 2 N–H and O–H groups in total. The van der Waals surface area contributed by atoms with E-state index in [4.69, 9.17) is 0 Å². The predicted molar refractivity (Wildman–Crippen MR) is 74.9 cm³/mol. The molecule has 1 amide bonds. The van der Waals surface area contributed by atoms with E-state index in [1.165, 1.54) is 0 Å². The van der Waals surface area contributed by atoms with E-state index in [0.29, 0.717) is 0 Å². The molecule has 0 spiro atoms. The fraction of sp³-hybridized carbons (Fsp3) is 0.429. The van der Waals surface area contributed by atoms with Crippen molar-refractivity contribution in [3.05, 3.63) is 24.4 Å². The normalized spacial score (nSPS) is 17.7. The third-order valence-electron chi connectivity index (χ3n) is 3.80. The summed E-state index contributed by atoms with van der Waals surface area (Å²) in [7, 11) is 2.10. The summed E-state index contributed by atoms with van der Waals surface area (Å²) in [4.78, 5) is 14.5. The molecule has 0 unspecified atom stereocenters. The highest BCUT2D eigenvalue weighted by Gasteiger charge is 2.23. The third kappa shape index (κ3) is 2.61. The van der Waals surface area contributed by atoms with Crippen LogP contribution in [0.25, 0.3) is 10.9 Å². The zero-order valence-electron chi connectivity index (χ0n) is 11.0. The zero-order valence-corrected chi connectivity index (χ0v) is 11.0. The third-order valence-corrected chi connectivity index (χ3v) is 3.80. The number of carbonyl (C=O) groups excluding carboxylic acids is 1. The molecule has 3 rings (SSSR count). The van der Waals surface area contributed by atoms with E-state index >= 15 is 0 Å². The number of H-pyrrole nitrogens is 1. The molecule has 1 saturated heterocycles. The van der Waals surface area contributed by atoms with Crippen molar-refractivity contribution in [2.75, 3.05) is 25.5 Å². The largest absolute Gasteiger partial charge is 0.326 e. The number of aromatic amines is 1. The Hall–Kier alpha value is -1.88. The molecule has 0 aliphatic carbocycles. The van der Waals surface area contributed by atoms with E-state index in [-0.39, 0.29) is 11.8 Å². The summed E-state index contributed by atoms with van der Waals surface area (Å²) in [6.45, 7) is 2.00. The highest BCUT2D eigenvalue weighted by Crippen LogP contribution is 2.20. The van der Waals surface area contributed by atoms with Gasteiger partial charge in [0.15, 0.2) is 0 Å². The van der Waals surface area contributed by atoms with E-state index in [2.05, 4.69) is 27.5 Å². The van der Waals surface area contributed by atoms with Gasteiger partial charge in [0.25, 0.3) is 0 Å². The standard InChI is InChI=1S/C14H18N4O/c1-18-6-4-10(5-7-18)14(19)16-12-3-2-11-9-15-17-13(11)8-12/h2-3,8-10H,4-7H2,1H3,(H,15,17)(H,16,19). The zero-order chi connectivity index (χ0) is 13.2. The van der Waals surface area contributed by atoms with Gasteiger partial charge in [-0.15, -0.1) is 0 Å². The molecule has 100 valence electrons. The van der Waals surface area contributed by atoms with Crippen LogP contribution in [0.3, 0.4) is 0 Å². The molecule has 1 aliphatic heterocycles.